The van der Waals surface area contributed by atoms with E-state index < -0.39 is 12.6 Å². The molecule has 0 aromatic heterocycles. The van der Waals surface area contributed by atoms with Crippen LogP contribution in [0, 0.1) is 0 Å². The van der Waals surface area contributed by atoms with E-state index in [9.17, 15) is 0 Å². The number of ether oxygens (including phenoxy) is 7. The third-order valence-corrected chi connectivity index (χ3v) is 3.54. The average Bonchev–Trinajstić information content (AvgIpc) is 2.64. The highest BCUT2D eigenvalue weighted by Gasteiger charge is 2.29. The van der Waals surface area contributed by atoms with Crippen molar-refractivity contribution < 1.29 is 33.2 Å². The first-order valence-corrected chi connectivity index (χ1v) is 8.41. The number of methoxy groups -OCH3 is 6. The summed E-state index contributed by atoms with van der Waals surface area (Å²) in [6.45, 7) is 4.10. The molecule has 0 amide bonds. The van der Waals surface area contributed by atoms with Crippen molar-refractivity contribution in [3.05, 3.63) is 23.0 Å². The first-order chi connectivity index (χ1) is 12.1. The minimum Gasteiger partial charge on any atom is -0.497 e. The number of hydrogen-bond donors (Lipinski definition) is 0. The molecule has 0 spiro atoms. The van der Waals surface area contributed by atoms with Crippen LogP contribution in [-0.4, -0.2) is 55.2 Å². The molecule has 0 bridgehead atoms. The predicted octanol–water partition coefficient (Wildman–Crippen LogP) is 3.56. The number of hydrogen-bond acceptors (Lipinski definition) is 7. The van der Waals surface area contributed by atoms with E-state index in [4.69, 9.17) is 33.2 Å². The van der Waals surface area contributed by atoms with Crippen molar-refractivity contribution in [3.63, 3.8) is 0 Å². The van der Waals surface area contributed by atoms with Gasteiger partial charge in [0, 0.05) is 27.1 Å². The largest absolute Gasteiger partial charge is 0.497 e. The quantitative estimate of drug-likeness (QED) is 0.346. The molecule has 0 aliphatic rings. The molecule has 0 heterocycles. The van der Waals surface area contributed by atoms with Crippen LogP contribution in [0.3, 0.4) is 0 Å². The number of allylic oxidation sites excluding steroid dienone is 2. The summed E-state index contributed by atoms with van der Waals surface area (Å²) in [5.41, 5.74) is 0. The van der Waals surface area contributed by atoms with Gasteiger partial charge in [-0.1, -0.05) is 13.8 Å². The lowest BCUT2D eigenvalue weighted by Gasteiger charge is -2.27. The molecule has 2 unspecified atom stereocenters. The maximum Gasteiger partial charge on any atom is 0.222 e. The van der Waals surface area contributed by atoms with Gasteiger partial charge in [0.1, 0.15) is 11.5 Å². The maximum atomic E-state index is 5.94. The third-order valence-electron chi connectivity index (χ3n) is 3.54. The van der Waals surface area contributed by atoms with E-state index in [1.807, 2.05) is 13.8 Å². The fraction of sp³-hybridized carbons (Fsp3) is 0.778. The summed E-state index contributed by atoms with van der Waals surface area (Å²) in [5, 5.41) is 0. The van der Waals surface area contributed by atoms with Crippen molar-refractivity contribution >= 4 is 0 Å². The zero-order chi connectivity index (χ0) is 19.2. The summed E-state index contributed by atoms with van der Waals surface area (Å²) < 4.78 is 38.6. The topological polar surface area (TPSA) is 64.6 Å². The van der Waals surface area contributed by atoms with Gasteiger partial charge in [0.25, 0.3) is 0 Å². The lowest BCUT2D eigenvalue weighted by Crippen LogP contribution is -2.31. The Bertz CT molecular complexity index is 380. The van der Waals surface area contributed by atoms with Crippen LogP contribution in [0.4, 0.5) is 0 Å². The van der Waals surface area contributed by atoms with E-state index in [0.717, 1.165) is 12.8 Å². The molecule has 148 valence electrons. The second-order valence-electron chi connectivity index (χ2n) is 5.16. The number of rotatable bonds is 14. The van der Waals surface area contributed by atoms with Gasteiger partial charge in [-0.25, -0.2) is 0 Å². The standard InChI is InChI=1S/C18H34O7/c1-9-11-13(19-3)15(21-5)17(23-7)25-18(24-8)16(22-6)14(20-4)12-10-2/h17-18H,9-12H2,1-8H3. The molecule has 0 rings (SSSR count). The minimum atomic E-state index is -0.818. The Morgan fingerprint density at radius 3 is 1.16 bits per heavy atom. The van der Waals surface area contributed by atoms with Gasteiger partial charge >= 0.3 is 0 Å². The molecule has 0 aliphatic heterocycles. The van der Waals surface area contributed by atoms with Crippen molar-refractivity contribution in [2.45, 2.75) is 52.1 Å². The summed E-state index contributed by atoms with van der Waals surface area (Å²) in [7, 11) is 9.33. The Morgan fingerprint density at radius 2 is 0.960 bits per heavy atom. The van der Waals surface area contributed by atoms with Crippen molar-refractivity contribution in [1.29, 1.82) is 0 Å². The molecule has 0 fully saturated rings. The highest BCUT2D eigenvalue weighted by Crippen LogP contribution is 2.25. The SMILES string of the molecule is CCCC(OC)=C(OC)C(OC)OC(OC)C(OC)=C(CCC)OC. The van der Waals surface area contributed by atoms with Gasteiger partial charge in [0.05, 0.1) is 28.4 Å². The van der Waals surface area contributed by atoms with Gasteiger partial charge in [0.2, 0.25) is 12.6 Å². The molecule has 2 atom stereocenters. The van der Waals surface area contributed by atoms with Crippen molar-refractivity contribution in [3.8, 4) is 0 Å². The molecule has 0 saturated carbocycles. The zero-order valence-corrected chi connectivity index (χ0v) is 16.8. The van der Waals surface area contributed by atoms with Crippen LogP contribution in [0.15, 0.2) is 23.0 Å². The van der Waals surface area contributed by atoms with Crippen molar-refractivity contribution in [1.82, 2.24) is 0 Å². The smallest absolute Gasteiger partial charge is 0.222 e. The summed E-state index contributed by atoms with van der Waals surface area (Å²) in [6, 6.07) is 0. The van der Waals surface area contributed by atoms with E-state index in [1.165, 1.54) is 14.2 Å². The lowest BCUT2D eigenvalue weighted by molar-refractivity contribution is -0.223. The van der Waals surface area contributed by atoms with Gasteiger partial charge in [0.15, 0.2) is 11.5 Å². The highest BCUT2D eigenvalue weighted by molar-refractivity contribution is 5.08. The average molecular weight is 362 g/mol. The van der Waals surface area contributed by atoms with Crippen molar-refractivity contribution in [2.24, 2.45) is 0 Å². The van der Waals surface area contributed by atoms with E-state index in [0.29, 0.717) is 35.9 Å². The first kappa shape index (κ1) is 23.6. The van der Waals surface area contributed by atoms with Crippen LogP contribution in [0.2, 0.25) is 0 Å². The van der Waals surface area contributed by atoms with E-state index in [2.05, 4.69) is 0 Å². The Kier molecular flexibility index (Phi) is 13.0. The predicted molar refractivity (Wildman–Crippen MR) is 94.6 cm³/mol. The van der Waals surface area contributed by atoms with E-state index >= 15 is 0 Å². The van der Waals surface area contributed by atoms with Crippen LogP contribution in [0.1, 0.15) is 39.5 Å². The molecule has 7 nitrogen and oxygen atoms in total. The van der Waals surface area contributed by atoms with Crippen LogP contribution >= 0.6 is 0 Å². The van der Waals surface area contributed by atoms with Gasteiger partial charge in [-0.3, -0.25) is 0 Å². The Hall–Kier alpha value is -1.44. The highest BCUT2D eigenvalue weighted by atomic mass is 16.8. The second kappa shape index (κ2) is 13.8. The molecular weight excluding hydrogens is 328 g/mol. The lowest BCUT2D eigenvalue weighted by atomic mass is 10.2. The Labute approximate surface area is 151 Å². The summed E-state index contributed by atoms with van der Waals surface area (Å²) in [6.07, 6.45) is 1.56. The second-order valence-corrected chi connectivity index (χ2v) is 5.16. The maximum absolute atomic E-state index is 5.94. The monoisotopic (exact) mass is 362 g/mol. The molecule has 0 aromatic rings. The molecule has 0 N–H and O–H groups in total. The minimum absolute atomic E-state index is 0.457. The first-order valence-electron chi connectivity index (χ1n) is 8.41. The van der Waals surface area contributed by atoms with Crippen LogP contribution in [0.25, 0.3) is 0 Å². The van der Waals surface area contributed by atoms with Gasteiger partial charge in [-0.2, -0.15) is 0 Å². The van der Waals surface area contributed by atoms with E-state index in [1.54, 1.807) is 28.4 Å². The Morgan fingerprint density at radius 1 is 0.600 bits per heavy atom. The fourth-order valence-corrected chi connectivity index (χ4v) is 2.35. The van der Waals surface area contributed by atoms with Gasteiger partial charge in [-0.05, 0) is 12.8 Å². The summed E-state index contributed by atoms with van der Waals surface area (Å²) in [5.74, 6) is 2.24. The third kappa shape index (κ3) is 7.13. The van der Waals surface area contributed by atoms with Gasteiger partial charge in [-0.15, -0.1) is 0 Å². The molecule has 7 heteroatoms. The molecule has 0 aliphatic carbocycles. The Balaban J connectivity index is 5.67. The van der Waals surface area contributed by atoms with Gasteiger partial charge < -0.3 is 33.2 Å². The van der Waals surface area contributed by atoms with Crippen LogP contribution in [-0.2, 0) is 33.2 Å². The molecule has 0 saturated heterocycles. The summed E-state index contributed by atoms with van der Waals surface area (Å²) >= 11 is 0. The molecule has 25 heavy (non-hydrogen) atoms. The van der Waals surface area contributed by atoms with Crippen LogP contribution < -0.4 is 0 Å². The zero-order valence-electron chi connectivity index (χ0n) is 16.8. The molecular formula is C18H34O7. The molecule has 0 radical (unpaired) electrons. The fourth-order valence-electron chi connectivity index (χ4n) is 2.35. The van der Waals surface area contributed by atoms with Crippen LogP contribution in [0.5, 0.6) is 0 Å². The van der Waals surface area contributed by atoms with E-state index in [-0.39, 0.29) is 0 Å². The normalized spacial score (nSPS) is 15.7. The van der Waals surface area contributed by atoms with Crippen molar-refractivity contribution in [2.75, 3.05) is 42.7 Å². The summed E-state index contributed by atoms with van der Waals surface area (Å²) in [4.78, 5) is 0. The molecule has 0 aromatic carbocycles.